The van der Waals surface area contributed by atoms with Gasteiger partial charge in [0, 0.05) is 0 Å². The maximum atomic E-state index is 9.96. The topological polar surface area (TPSA) is 17.1 Å². The van der Waals surface area contributed by atoms with Crippen LogP contribution in [-0.2, 0) is 24.1 Å². The number of carbonyl (C=O) groups is 1. The second-order valence-electron chi connectivity index (χ2n) is 1.47. The van der Waals surface area contributed by atoms with E-state index < -0.39 is 0 Å². The van der Waals surface area contributed by atoms with Gasteiger partial charge in [-0.25, -0.2) is 0 Å². The van der Waals surface area contributed by atoms with Crippen molar-refractivity contribution in [3.63, 3.8) is 0 Å². The van der Waals surface area contributed by atoms with Gasteiger partial charge in [-0.1, -0.05) is 0 Å². The molecule has 0 aromatic heterocycles. The van der Waals surface area contributed by atoms with E-state index in [1.165, 1.54) is 19.4 Å². The molecule has 0 fully saturated rings. The molecule has 0 radical (unpaired) electrons. The third-order valence-electron chi connectivity index (χ3n) is 0.802. The third-order valence-corrected chi connectivity index (χ3v) is 1.89. The molecule has 0 aliphatic heterocycles. The Morgan fingerprint density at radius 2 is 2.33 bits per heavy atom. The fraction of sp³-hybridized carbons (Fsp3) is 0.143. The second-order valence-corrected chi connectivity index (χ2v) is 2.31. The van der Waals surface area contributed by atoms with Gasteiger partial charge in [-0.2, -0.15) is 0 Å². The zero-order chi connectivity index (χ0) is 7.11. The van der Waals surface area contributed by atoms with Crippen LogP contribution >= 0.6 is 0 Å². The molecule has 0 bridgehead atoms. The van der Waals surface area contributed by atoms with Crippen molar-refractivity contribution in [2.75, 3.05) is 0 Å². The molecule has 0 spiro atoms. The van der Waals surface area contributed by atoms with Crippen LogP contribution in [0.5, 0.6) is 0 Å². The molecule has 2 heteroatoms. The predicted octanol–water partition coefficient (Wildman–Crippen LogP) is 1.04. The Kier molecular flexibility index (Phi) is 5.65. The van der Waals surface area contributed by atoms with Crippen molar-refractivity contribution in [2.24, 2.45) is 0 Å². The Morgan fingerprint density at radius 3 is 2.67 bits per heavy atom. The minimum atomic E-state index is 0.509. The van der Waals surface area contributed by atoms with Crippen LogP contribution < -0.4 is 0 Å². The minimum absolute atomic E-state index is 0.509. The average Bonchev–Trinajstić information content (AvgIpc) is 1.88. The summed E-state index contributed by atoms with van der Waals surface area (Å²) in [6.07, 6.45) is 4.95. The van der Waals surface area contributed by atoms with Crippen LogP contribution in [0.4, 0.5) is 0 Å². The van der Waals surface area contributed by atoms with Crippen LogP contribution in [0.3, 0.4) is 0 Å². The van der Waals surface area contributed by atoms with Gasteiger partial charge in [0.15, 0.2) is 0 Å². The van der Waals surface area contributed by atoms with E-state index in [2.05, 4.69) is 6.58 Å². The summed E-state index contributed by atoms with van der Waals surface area (Å²) >= 11 is 1.36. The van der Waals surface area contributed by atoms with E-state index in [9.17, 15) is 4.79 Å². The van der Waals surface area contributed by atoms with Gasteiger partial charge in [0.1, 0.15) is 0 Å². The van der Waals surface area contributed by atoms with E-state index in [0.717, 1.165) is 11.9 Å². The van der Waals surface area contributed by atoms with Gasteiger partial charge in [0.2, 0.25) is 0 Å². The van der Waals surface area contributed by atoms with E-state index in [4.69, 9.17) is 0 Å². The van der Waals surface area contributed by atoms with Crippen LogP contribution in [0.2, 0.25) is 0 Å². The molecule has 0 aromatic carbocycles. The van der Waals surface area contributed by atoms with Crippen molar-refractivity contribution < 1.29 is 24.1 Å². The summed E-state index contributed by atoms with van der Waals surface area (Å²) in [6, 6.07) is 0. The number of hydrogen-bond acceptors (Lipinski definition) is 1. The van der Waals surface area contributed by atoms with Gasteiger partial charge in [-0.05, 0) is 0 Å². The Balaban J connectivity index is 3.95. The van der Waals surface area contributed by atoms with Gasteiger partial charge in [-0.3, -0.25) is 0 Å². The van der Waals surface area contributed by atoms with Crippen molar-refractivity contribution in [3.8, 4) is 0 Å². The molecule has 48 valence electrons. The number of aldehydes is 1. The van der Waals surface area contributed by atoms with Gasteiger partial charge in [-0.15, -0.1) is 0 Å². The van der Waals surface area contributed by atoms with Crippen molar-refractivity contribution in [1.29, 1.82) is 0 Å². The molecule has 0 aliphatic carbocycles. The van der Waals surface area contributed by atoms with Crippen LogP contribution in [-0.4, -0.2) is 10.7 Å². The first-order valence-electron chi connectivity index (χ1n) is 2.55. The van der Waals surface area contributed by atoms with Gasteiger partial charge in [0.05, 0.1) is 0 Å². The van der Waals surface area contributed by atoms with Crippen LogP contribution in [0.1, 0.15) is 6.42 Å². The number of carbonyl (C=O) groups excluding carboxylic acids is 1. The van der Waals surface area contributed by atoms with Crippen molar-refractivity contribution in [2.45, 2.75) is 6.42 Å². The summed E-state index contributed by atoms with van der Waals surface area (Å²) < 4.78 is 1.98. The molecule has 0 N–H and O–H groups in total. The summed E-state index contributed by atoms with van der Waals surface area (Å²) in [6.45, 7) is 3.53. The van der Waals surface area contributed by atoms with E-state index >= 15 is 0 Å². The Bertz CT molecular complexity index is 147. The van der Waals surface area contributed by atoms with Crippen LogP contribution in [0.25, 0.3) is 0 Å². The molecule has 0 aromatic rings. The molecule has 0 saturated heterocycles. The fourth-order valence-corrected chi connectivity index (χ4v) is 1.03. The molecule has 1 nitrogen and oxygen atoms in total. The van der Waals surface area contributed by atoms with E-state index in [0.29, 0.717) is 6.42 Å². The zero-order valence-electron chi connectivity index (χ0n) is 5.04. The first-order valence-corrected chi connectivity index (χ1v) is 4.25. The van der Waals surface area contributed by atoms with Crippen LogP contribution in [0, 0.1) is 0 Å². The van der Waals surface area contributed by atoms with E-state index in [-0.39, 0.29) is 0 Å². The molecular weight excluding hydrogens is 284 g/mol. The SMILES string of the molecule is C=C/C=C(\[CH]=[W])CC=O. The number of allylic oxidation sites excluding steroid dienone is 3. The normalized spacial score (nSPS) is 10.4. The standard InChI is InChI=1S/C7H8O.W/c1-3-4-7(2)5-6-8;/h2-4,6H,1,5H2;/b7-4+;. The molecule has 9 heavy (non-hydrogen) atoms. The first-order chi connectivity index (χ1) is 4.35. The Morgan fingerprint density at radius 1 is 1.67 bits per heavy atom. The predicted molar refractivity (Wildman–Crippen MR) is 35.0 cm³/mol. The Labute approximate surface area is 65.9 Å². The molecule has 0 unspecified atom stereocenters. The number of rotatable bonds is 4. The summed E-state index contributed by atoms with van der Waals surface area (Å²) in [5, 5.41) is 0. The third kappa shape index (κ3) is 4.23. The Hall–Kier alpha value is -0.292. The molecule has 0 amide bonds. The summed E-state index contributed by atoms with van der Waals surface area (Å²) in [7, 11) is 0. The average molecular weight is 292 g/mol. The fourth-order valence-electron chi connectivity index (χ4n) is 0.403. The summed E-state index contributed by atoms with van der Waals surface area (Å²) in [5.74, 6) is 0. The number of hydrogen-bond donors (Lipinski definition) is 0. The molecule has 0 heterocycles. The van der Waals surface area contributed by atoms with Gasteiger partial charge in [0.25, 0.3) is 0 Å². The van der Waals surface area contributed by atoms with Crippen molar-refractivity contribution >= 4 is 10.7 Å². The van der Waals surface area contributed by atoms with Crippen LogP contribution in [0.15, 0.2) is 24.3 Å². The molecular formula is C7H8OW. The van der Waals surface area contributed by atoms with E-state index in [1.807, 2.05) is 10.5 Å². The van der Waals surface area contributed by atoms with Crippen molar-refractivity contribution in [3.05, 3.63) is 24.3 Å². The molecule has 0 aliphatic rings. The first kappa shape index (κ1) is 8.71. The second kappa shape index (κ2) is 5.84. The molecule has 0 atom stereocenters. The monoisotopic (exact) mass is 292 g/mol. The van der Waals surface area contributed by atoms with Crippen molar-refractivity contribution in [1.82, 2.24) is 0 Å². The summed E-state index contributed by atoms with van der Waals surface area (Å²) in [4.78, 5) is 9.96. The zero-order valence-corrected chi connectivity index (χ0v) is 7.97. The summed E-state index contributed by atoms with van der Waals surface area (Å²) in [5.41, 5.74) is 1.05. The molecule has 0 saturated carbocycles. The molecule has 0 rings (SSSR count). The van der Waals surface area contributed by atoms with E-state index in [1.54, 1.807) is 6.08 Å². The maximum absolute atomic E-state index is 9.96. The quantitative estimate of drug-likeness (QED) is 0.559. The van der Waals surface area contributed by atoms with Gasteiger partial charge >= 0.3 is 65.6 Å². The van der Waals surface area contributed by atoms with Gasteiger partial charge < -0.3 is 0 Å².